The fourth-order valence-corrected chi connectivity index (χ4v) is 3.95. The van der Waals surface area contributed by atoms with Crippen LogP contribution in [-0.4, -0.2) is 48.0 Å². The summed E-state index contributed by atoms with van der Waals surface area (Å²) in [5, 5.41) is 11.2. The van der Waals surface area contributed by atoms with Gasteiger partial charge in [0.25, 0.3) is 11.7 Å². The Morgan fingerprint density at radius 1 is 0.941 bits per heavy atom. The lowest BCUT2D eigenvalue weighted by Crippen LogP contribution is -2.29. The van der Waals surface area contributed by atoms with Crippen LogP contribution in [0.1, 0.15) is 22.9 Å². The van der Waals surface area contributed by atoms with Crippen molar-refractivity contribution >= 4 is 17.4 Å². The first kappa shape index (κ1) is 22.8. The van der Waals surface area contributed by atoms with Gasteiger partial charge < -0.3 is 24.2 Å². The second-order valence-electron chi connectivity index (χ2n) is 7.60. The molecule has 0 spiro atoms. The molecule has 8 nitrogen and oxygen atoms in total. The van der Waals surface area contributed by atoms with Gasteiger partial charge in [0.15, 0.2) is 11.5 Å². The third-order valence-electron chi connectivity index (χ3n) is 5.68. The SMILES string of the molecule is COc1ccc(CN2C(=O)C(=O)/C(=C(\O)c3ccc(OC)c(OC)c3)C2c2ccccn2)cc1. The summed E-state index contributed by atoms with van der Waals surface area (Å²) >= 11 is 0. The van der Waals surface area contributed by atoms with Crippen molar-refractivity contribution < 1.29 is 28.9 Å². The number of aliphatic hydroxyl groups is 1. The summed E-state index contributed by atoms with van der Waals surface area (Å²) in [5.74, 6) is -0.272. The Labute approximate surface area is 197 Å². The third kappa shape index (κ3) is 4.17. The molecule has 3 aromatic rings. The molecule has 8 heteroatoms. The minimum absolute atomic E-state index is 0.0376. The van der Waals surface area contributed by atoms with Gasteiger partial charge in [-0.05, 0) is 48.0 Å². The van der Waals surface area contributed by atoms with Gasteiger partial charge in [0.05, 0.1) is 32.6 Å². The molecule has 0 radical (unpaired) electrons. The highest BCUT2D eigenvalue weighted by atomic mass is 16.5. The lowest BCUT2D eigenvalue weighted by Gasteiger charge is -2.24. The molecule has 1 saturated heterocycles. The Morgan fingerprint density at radius 2 is 1.68 bits per heavy atom. The zero-order chi connectivity index (χ0) is 24.2. The number of pyridine rings is 1. The summed E-state index contributed by atoms with van der Waals surface area (Å²) in [6.45, 7) is 0.151. The Morgan fingerprint density at radius 3 is 2.29 bits per heavy atom. The summed E-state index contributed by atoms with van der Waals surface area (Å²) in [5.41, 5.74) is 1.55. The van der Waals surface area contributed by atoms with Crippen molar-refractivity contribution in [1.29, 1.82) is 0 Å². The van der Waals surface area contributed by atoms with Crippen LogP contribution in [0.2, 0.25) is 0 Å². The molecule has 1 unspecified atom stereocenters. The predicted octanol–water partition coefficient (Wildman–Crippen LogP) is 3.73. The van der Waals surface area contributed by atoms with E-state index in [0.29, 0.717) is 28.5 Å². The number of methoxy groups -OCH3 is 3. The molecule has 1 atom stereocenters. The molecule has 1 fully saturated rings. The first-order chi connectivity index (χ1) is 16.5. The number of benzene rings is 2. The quantitative estimate of drug-likeness (QED) is 0.326. The molecule has 2 aromatic carbocycles. The molecule has 1 N–H and O–H groups in total. The summed E-state index contributed by atoms with van der Waals surface area (Å²) in [7, 11) is 4.55. The van der Waals surface area contributed by atoms with Gasteiger partial charge in [-0.3, -0.25) is 14.6 Å². The van der Waals surface area contributed by atoms with E-state index >= 15 is 0 Å². The summed E-state index contributed by atoms with van der Waals surface area (Å²) in [6.07, 6.45) is 1.58. The van der Waals surface area contributed by atoms with E-state index in [1.165, 1.54) is 19.1 Å². The van der Waals surface area contributed by atoms with Gasteiger partial charge in [-0.15, -0.1) is 0 Å². The maximum atomic E-state index is 13.2. The molecule has 4 rings (SSSR count). The number of likely N-dealkylation sites (tertiary alicyclic amines) is 1. The van der Waals surface area contributed by atoms with Gasteiger partial charge in [-0.1, -0.05) is 18.2 Å². The van der Waals surface area contributed by atoms with Crippen LogP contribution in [0.15, 0.2) is 72.4 Å². The van der Waals surface area contributed by atoms with Crippen LogP contribution in [-0.2, 0) is 16.1 Å². The van der Waals surface area contributed by atoms with Gasteiger partial charge in [0.2, 0.25) is 0 Å². The Bertz CT molecular complexity index is 1240. The molecule has 34 heavy (non-hydrogen) atoms. The summed E-state index contributed by atoms with van der Waals surface area (Å²) in [6, 6.07) is 16.4. The van der Waals surface area contributed by atoms with Crippen LogP contribution in [0.3, 0.4) is 0 Å². The molecule has 174 valence electrons. The van der Waals surface area contributed by atoms with Crippen molar-refractivity contribution in [1.82, 2.24) is 9.88 Å². The second-order valence-corrected chi connectivity index (χ2v) is 7.60. The average Bonchev–Trinajstić information content (AvgIpc) is 3.13. The Balaban J connectivity index is 1.82. The maximum absolute atomic E-state index is 13.2. The van der Waals surface area contributed by atoms with Crippen LogP contribution < -0.4 is 14.2 Å². The fraction of sp³-hybridized carbons (Fsp3) is 0.192. The second kappa shape index (κ2) is 9.66. The normalized spacial score (nSPS) is 17.0. The van der Waals surface area contributed by atoms with Crippen molar-refractivity contribution in [3.63, 3.8) is 0 Å². The summed E-state index contributed by atoms with van der Waals surface area (Å²) in [4.78, 5) is 32.1. The Hall–Kier alpha value is -4.33. The number of ketones is 1. The molecule has 2 heterocycles. The van der Waals surface area contributed by atoms with E-state index < -0.39 is 17.7 Å². The number of rotatable bonds is 7. The van der Waals surface area contributed by atoms with Gasteiger partial charge in [-0.25, -0.2) is 0 Å². The smallest absolute Gasteiger partial charge is 0.296 e. The van der Waals surface area contributed by atoms with Crippen molar-refractivity contribution in [3.8, 4) is 17.2 Å². The van der Waals surface area contributed by atoms with Crippen LogP contribution in [0, 0.1) is 0 Å². The zero-order valence-electron chi connectivity index (χ0n) is 19.0. The number of carbonyl (C=O) groups is 2. The summed E-state index contributed by atoms with van der Waals surface area (Å²) < 4.78 is 15.8. The van der Waals surface area contributed by atoms with Crippen molar-refractivity contribution in [2.24, 2.45) is 0 Å². The molecular formula is C26H24N2O6. The van der Waals surface area contributed by atoms with Crippen molar-refractivity contribution in [3.05, 3.63) is 89.3 Å². The number of Topliss-reactive ketones (excluding diaryl/α,β-unsaturated/α-hetero) is 1. The van der Waals surface area contributed by atoms with Gasteiger partial charge in [0.1, 0.15) is 17.6 Å². The van der Waals surface area contributed by atoms with Crippen LogP contribution >= 0.6 is 0 Å². The van der Waals surface area contributed by atoms with E-state index in [2.05, 4.69) is 4.98 Å². The van der Waals surface area contributed by atoms with E-state index in [0.717, 1.165) is 5.56 Å². The van der Waals surface area contributed by atoms with Gasteiger partial charge >= 0.3 is 0 Å². The monoisotopic (exact) mass is 460 g/mol. The van der Waals surface area contributed by atoms with E-state index in [1.807, 2.05) is 12.1 Å². The van der Waals surface area contributed by atoms with Crippen LogP contribution in [0.5, 0.6) is 17.2 Å². The lowest BCUT2D eigenvalue weighted by molar-refractivity contribution is -0.140. The minimum atomic E-state index is -0.864. The predicted molar refractivity (Wildman–Crippen MR) is 125 cm³/mol. The number of carbonyl (C=O) groups excluding carboxylic acids is 2. The third-order valence-corrected chi connectivity index (χ3v) is 5.68. The first-order valence-corrected chi connectivity index (χ1v) is 10.5. The van der Waals surface area contributed by atoms with E-state index in [1.54, 1.807) is 61.8 Å². The largest absolute Gasteiger partial charge is 0.507 e. The van der Waals surface area contributed by atoms with Crippen LogP contribution in [0.25, 0.3) is 5.76 Å². The van der Waals surface area contributed by atoms with E-state index in [4.69, 9.17) is 14.2 Å². The number of hydrogen-bond donors (Lipinski definition) is 1. The maximum Gasteiger partial charge on any atom is 0.296 e. The molecule has 1 aliphatic rings. The number of nitrogens with zero attached hydrogens (tertiary/aromatic N) is 2. The molecular weight excluding hydrogens is 436 g/mol. The Kier molecular flexibility index (Phi) is 6.49. The number of aromatic nitrogens is 1. The molecule has 0 aliphatic carbocycles. The van der Waals surface area contributed by atoms with E-state index in [-0.39, 0.29) is 17.9 Å². The zero-order valence-corrected chi connectivity index (χ0v) is 19.0. The van der Waals surface area contributed by atoms with Crippen molar-refractivity contribution in [2.75, 3.05) is 21.3 Å². The standard InChI is InChI=1S/C26H24N2O6/c1-32-18-10-7-16(8-11-18)15-28-23(19-6-4-5-13-27-19)22(25(30)26(28)31)24(29)17-9-12-20(33-2)21(14-17)34-3/h4-14,23,29H,15H2,1-3H3/b24-22-. The topological polar surface area (TPSA) is 98.2 Å². The van der Waals surface area contributed by atoms with Gasteiger partial charge in [0, 0.05) is 18.3 Å². The molecule has 1 aromatic heterocycles. The highest BCUT2D eigenvalue weighted by molar-refractivity contribution is 6.46. The number of aliphatic hydroxyl groups excluding tert-OH is 1. The van der Waals surface area contributed by atoms with Crippen molar-refractivity contribution in [2.45, 2.75) is 12.6 Å². The van der Waals surface area contributed by atoms with Gasteiger partial charge in [-0.2, -0.15) is 0 Å². The highest BCUT2D eigenvalue weighted by Crippen LogP contribution is 2.40. The first-order valence-electron chi connectivity index (χ1n) is 10.5. The molecule has 0 saturated carbocycles. The average molecular weight is 460 g/mol. The highest BCUT2D eigenvalue weighted by Gasteiger charge is 2.46. The fourth-order valence-electron chi connectivity index (χ4n) is 3.95. The molecule has 1 aliphatic heterocycles. The minimum Gasteiger partial charge on any atom is -0.507 e. The number of hydrogen-bond acceptors (Lipinski definition) is 7. The molecule has 0 bridgehead atoms. The number of amides is 1. The number of ether oxygens (including phenoxy) is 3. The van der Waals surface area contributed by atoms with Crippen LogP contribution in [0.4, 0.5) is 0 Å². The molecule has 1 amide bonds. The lowest BCUT2D eigenvalue weighted by atomic mass is 9.98. The van der Waals surface area contributed by atoms with E-state index in [9.17, 15) is 14.7 Å².